The summed E-state index contributed by atoms with van der Waals surface area (Å²) in [5.41, 5.74) is 5.56. The Morgan fingerprint density at radius 2 is 1.83 bits per heavy atom. The van der Waals surface area contributed by atoms with Crippen molar-refractivity contribution in [2.24, 2.45) is 0 Å². The van der Waals surface area contributed by atoms with Crippen LogP contribution >= 0.6 is 11.3 Å². The van der Waals surface area contributed by atoms with Crippen LogP contribution in [-0.2, 0) is 13.1 Å². The van der Waals surface area contributed by atoms with Gasteiger partial charge in [-0.15, -0.1) is 0 Å². The van der Waals surface area contributed by atoms with E-state index in [1.807, 2.05) is 0 Å². The van der Waals surface area contributed by atoms with E-state index in [1.165, 1.54) is 4.57 Å². The molecule has 0 bridgehead atoms. The molecule has 0 fully saturated rings. The van der Waals surface area contributed by atoms with Gasteiger partial charge in [-0.05, 0) is 13.3 Å². The molecule has 0 aliphatic heterocycles. The van der Waals surface area contributed by atoms with Crippen LogP contribution in [0.4, 0.5) is 5.13 Å². The number of nitrogen functional groups attached to an aromatic ring is 1. The van der Waals surface area contributed by atoms with Crippen molar-refractivity contribution in [3.05, 3.63) is 20.8 Å². The zero-order valence-electron chi connectivity index (χ0n) is 14.0. The SMILES string of the molecule is CCC[N+](C)(C)CCn1c(=O)n(CC)c(=O)c2sc(N)nc21.[Br-]. The van der Waals surface area contributed by atoms with Crippen molar-refractivity contribution in [2.45, 2.75) is 33.4 Å². The maximum Gasteiger partial charge on any atom is 0.332 e. The van der Waals surface area contributed by atoms with E-state index < -0.39 is 0 Å². The highest BCUT2D eigenvalue weighted by molar-refractivity contribution is 7.21. The summed E-state index contributed by atoms with van der Waals surface area (Å²) in [4.78, 5) is 29.1. The van der Waals surface area contributed by atoms with Crippen LogP contribution in [0.25, 0.3) is 10.3 Å². The Morgan fingerprint density at radius 1 is 1.17 bits per heavy atom. The average molecular weight is 406 g/mol. The fourth-order valence-corrected chi connectivity index (χ4v) is 3.45. The molecule has 0 saturated heterocycles. The van der Waals surface area contributed by atoms with Crippen LogP contribution in [0.5, 0.6) is 0 Å². The van der Waals surface area contributed by atoms with Gasteiger partial charge in [-0.3, -0.25) is 13.9 Å². The zero-order valence-corrected chi connectivity index (χ0v) is 16.4. The maximum atomic E-state index is 12.6. The van der Waals surface area contributed by atoms with Crippen molar-refractivity contribution in [1.29, 1.82) is 0 Å². The quantitative estimate of drug-likeness (QED) is 0.548. The highest BCUT2D eigenvalue weighted by Crippen LogP contribution is 2.19. The third-order valence-electron chi connectivity index (χ3n) is 3.86. The molecular weight excluding hydrogens is 382 g/mol. The number of quaternary nitrogens is 1. The number of aromatic nitrogens is 3. The Labute approximate surface area is 149 Å². The highest BCUT2D eigenvalue weighted by Gasteiger charge is 2.19. The fourth-order valence-electron chi connectivity index (χ4n) is 2.66. The van der Waals surface area contributed by atoms with Crippen molar-refractivity contribution in [3.63, 3.8) is 0 Å². The molecule has 9 heteroatoms. The molecule has 0 radical (unpaired) electrons. The fraction of sp³-hybridized carbons (Fsp3) is 0.643. The molecular formula is C14H24BrN5O2S. The molecule has 0 amide bonds. The first-order valence-corrected chi connectivity index (χ1v) is 8.34. The summed E-state index contributed by atoms with van der Waals surface area (Å²) in [5, 5.41) is 0.316. The van der Waals surface area contributed by atoms with Gasteiger partial charge in [0.25, 0.3) is 5.56 Å². The van der Waals surface area contributed by atoms with Gasteiger partial charge in [-0.2, -0.15) is 0 Å². The lowest BCUT2D eigenvalue weighted by molar-refractivity contribution is -0.890. The van der Waals surface area contributed by atoms with E-state index >= 15 is 0 Å². The summed E-state index contributed by atoms with van der Waals surface area (Å²) < 4.78 is 4.11. The highest BCUT2D eigenvalue weighted by atomic mass is 79.9. The number of nitrogens with zero attached hydrogens (tertiary/aromatic N) is 4. The number of anilines is 1. The van der Waals surface area contributed by atoms with E-state index in [-0.39, 0.29) is 28.2 Å². The van der Waals surface area contributed by atoms with Crippen LogP contribution in [0.15, 0.2) is 9.59 Å². The minimum Gasteiger partial charge on any atom is -1.00 e. The van der Waals surface area contributed by atoms with Gasteiger partial charge in [0.15, 0.2) is 10.8 Å². The standard InChI is InChI=1S/C14H23N5O2S.BrH/c1-5-8-19(3,4)9-7-18-11-10(22-13(15)16-11)12(20)17(6-2)14(18)21;/h5-9H2,1-4H3,(H-,15,16,20);1H. The summed E-state index contributed by atoms with van der Waals surface area (Å²) in [5.74, 6) is 0. The number of thiazole rings is 1. The van der Waals surface area contributed by atoms with Crippen LogP contribution in [0, 0.1) is 0 Å². The van der Waals surface area contributed by atoms with E-state index in [0.717, 1.165) is 35.3 Å². The topological polar surface area (TPSA) is 82.9 Å². The Balaban J connectivity index is 0.00000264. The second kappa shape index (κ2) is 7.59. The molecule has 0 aliphatic carbocycles. The summed E-state index contributed by atoms with van der Waals surface area (Å²) in [6, 6.07) is 0. The van der Waals surface area contributed by atoms with Gasteiger partial charge >= 0.3 is 5.69 Å². The lowest BCUT2D eigenvalue weighted by atomic mass is 10.3. The Hall–Kier alpha value is -1.19. The molecule has 7 nitrogen and oxygen atoms in total. The maximum absolute atomic E-state index is 12.6. The van der Waals surface area contributed by atoms with Crippen molar-refractivity contribution in [2.75, 3.05) is 32.9 Å². The van der Waals surface area contributed by atoms with Crippen molar-refractivity contribution in [3.8, 4) is 0 Å². The summed E-state index contributed by atoms with van der Waals surface area (Å²) in [6.07, 6.45) is 1.08. The molecule has 2 aromatic rings. The number of rotatable bonds is 6. The normalized spacial score (nSPS) is 11.7. The minimum atomic E-state index is -0.304. The Kier molecular flexibility index (Phi) is 6.55. The smallest absolute Gasteiger partial charge is 0.332 e. The van der Waals surface area contributed by atoms with E-state index in [1.54, 1.807) is 11.5 Å². The summed E-state index contributed by atoms with van der Waals surface area (Å²) in [7, 11) is 4.27. The van der Waals surface area contributed by atoms with E-state index in [9.17, 15) is 9.59 Å². The lowest BCUT2D eigenvalue weighted by Crippen LogP contribution is -3.00. The zero-order chi connectivity index (χ0) is 16.5. The molecule has 0 spiro atoms. The van der Waals surface area contributed by atoms with Crippen LogP contribution < -0.4 is 34.0 Å². The first kappa shape index (κ1) is 19.9. The van der Waals surface area contributed by atoms with E-state index in [2.05, 4.69) is 26.0 Å². The third-order valence-corrected chi connectivity index (χ3v) is 4.72. The molecule has 2 heterocycles. The van der Waals surface area contributed by atoms with Crippen LogP contribution in [-0.4, -0.2) is 45.8 Å². The summed E-state index contributed by atoms with van der Waals surface area (Å²) in [6.45, 7) is 6.63. The predicted octanol–water partition coefficient (Wildman–Crippen LogP) is -2.29. The second-order valence-electron chi connectivity index (χ2n) is 6.07. The van der Waals surface area contributed by atoms with Crippen LogP contribution in [0.3, 0.4) is 0 Å². The number of fused-ring (bicyclic) bond motifs is 1. The van der Waals surface area contributed by atoms with Gasteiger partial charge in [0.1, 0.15) is 4.70 Å². The number of hydrogen-bond acceptors (Lipinski definition) is 5. The monoisotopic (exact) mass is 405 g/mol. The molecule has 0 aliphatic rings. The van der Waals surface area contributed by atoms with Gasteiger partial charge in [0.2, 0.25) is 0 Å². The number of nitrogens with two attached hydrogens (primary N) is 1. The second-order valence-corrected chi connectivity index (χ2v) is 7.10. The molecule has 0 saturated carbocycles. The van der Waals surface area contributed by atoms with Gasteiger partial charge < -0.3 is 27.2 Å². The van der Waals surface area contributed by atoms with Crippen molar-refractivity contribution in [1.82, 2.24) is 14.1 Å². The van der Waals surface area contributed by atoms with E-state index in [0.29, 0.717) is 28.6 Å². The molecule has 2 aromatic heterocycles. The molecule has 0 unspecified atom stereocenters. The predicted molar refractivity (Wildman–Crippen MR) is 90.4 cm³/mol. The average Bonchev–Trinajstić information content (AvgIpc) is 2.81. The summed E-state index contributed by atoms with van der Waals surface area (Å²) >= 11 is 1.14. The van der Waals surface area contributed by atoms with Crippen molar-refractivity contribution < 1.29 is 21.5 Å². The number of hydrogen-bond donors (Lipinski definition) is 1. The van der Waals surface area contributed by atoms with Crippen LogP contribution in [0.2, 0.25) is 0 Å². The molecule has 0 aromatic carbocycles. The molecule has 0 atom stereocenters. The largest absolute Gasteiger partial charge is 1.00 e. The van der Waals surface area contributed by atoms with E-state index in [4.69, 9.17) is 5.73 Å². The van der Waals surface area contributed by atoms with Gasteiger partial charge in [-0.25, -0.2) is 9.78 Å². The molecule has 130 valence electrons. The van der Waals surface area contributed by atoms with Crippen LogP contribution in [0.1, 0.15) is 20.3 Å². The first-order chi connectivity index (χ1) is 10.3. The Bertz CT molecular complexity index is 793. The lowest BCUT2D eigenvalue weighted by Gasteiger charge is -2.29. The molecule has 23 heavy (non-hydrogen) atoms. The number of likely N-dealkylation sites (N-methyl/N-ethyl adjacent to an activating group) is 1. The van der Waals surface area contributed by atoms with Crippen molar-refractivity contribution >= 4 is 26.8 Å². The minimum absolute atomic E-state index is 0. The Morgan fingerprint density at radius 3 is 2.39 bits per heavy atom. The van der Waals surface area contributed by atoms with Gasteiger partial charge in [0, 0.05) is 6.54 Å². The van der Waals surface area contributed by atoms with Gasteiger partial charge in [0.05, 0.1) is 33.7 Å². The first-order valence-electron chi connectivity index (χ1n) is 7.52. The number of halogens is 1. The molecule has 2 N–H and O–H groups in total. The third kappa shape index (κ3) is 4.02. The molecule has 2 rings (SSSR count). The van der Waals surface area contributed by atoms with Gasteiger partial charge in [-0.1, -0.05) is 18.3 Å².